The van der Waals surface area contributed by atoms with Crippen LogP contribution in [0.15, 0.2) is 22.7 Å². The van der Waals surface area contributed by atoms with Crippen molar-refractivity contribution in [1.29, 1.82) is 5.26 Å². The fourth-order valence-electron chi connectivity index (χ4n) is 1.91. The van der Waals surface area contributed by atoms with Crippen molar-refractivity contribution in [2.24, 2.45) is 5.92 Å². The molecule has 0 spiro atoms. The van der Waals surface area contributed by atoms with E-state index in [9.17, 15) is 5.11 Å². The largest absolute Gasteiger partial charge is 0.389 e. The van der Waals surface area contributed by atoms with Crippen molar-refractivity contribution < 1.29 is 5.11 Å². The van der Waals surface area contributed by atoms with E-state index in [1.54, 1.807) is 6.92 Å². The highest BCUT2D eigenvalue weighted by molar-refractivity contribution is 9.10. The molecule has 0 fully saturated rings. The van der Waals surface area contributed by atoms with Crippen LogP contribution >= 0.6 is 15.9 Å². The number of hydrogen-bond donors (Lipinski definition) is 1. The molecule has 1 N–H and O–H groups in total. The minimum absolute atomic E-state index is 0.0363. The van der Waals surface area contributed by atoms with Crippen LogP contribution in [0, 0.1) is 17.2 Å². The summed E-state index contributed by atoms with van der Waals surface area (Å²) in [5, 5.41) is 18.7. The first-order chi connectivity index (χ1) is 8.49. The minimum atomic E-state index is -0.514. The number of benzene rings is 1. The summed E-state index contributed by atoms with van der Waals surface area (Å²) in [7, 11) is 0. The summed E-state index contributed by atoms with van der Waals surface area (Å²) in [5.74, 6) is -0.0363. The Labute approximate surface area is 117 Å². The molecule has 0 aliphatic rings. The lowest BCUT2D eigenvalue weighted by Gasteiger charge is -2.27. The lowest BCUT2D eigenvalue weighted by atomic mass is 10.1. The summed E-state index contributed by atoms with van der Waals surface area (Å²) in [6.45, 7) is 7.19. The summed E-state index contributed by atoms with van der Waals surface area (Å²) in [4.78, 5) is 2.13. The number of hydrogen-bond acceptors (Lipinski definition) is 3. The van der Waals surface area contributed by atoms with Gasteiger partial charge in [0.25, 0.3) is 0 Å². The smallest absolute Gasteiger partial charge is 0.0782 e. The van der Waals surface area contributed by atoms with Crippen LogP contribution in [-0.2, 0) is 0 Å². The first-order valence-corrected chi connectivity index (χ1v) is 6.91. The van der Waals surface area contributed by atoms with Gasteiger partial charge in [-0.15, -0.1) is 0 Å². The molecular formula is C14H19BrN2O. The molecule has 0 saturated carbocycles. The van der Waals surface area contributed by atoms with E-state index in [1.807, 2.05) is 25.1 Å². The van der Waals surface area contributed by atoms with E-state index in [2.05, 4.69) is 33.8 Å². The van der Waals surface area contributed by atoms with Crippen molar-refractivity contribution in [2.75, 3.05) is 18.0 Å². The standard InChI is InChI=1S/C14H19BrN2O/c1-4-17(9-10(2)8-16)14-7-12(15)5-6-13(14)11(3)18/h5-7,10-11,18H,4,9H2,1-3H3. The summed E-state index contributed by atoms with van der Waals surface area (Å²) in [6.07, 6.45) is -0.514. The maximum atomic E-state index is 9.82. The maximum Gasteiger partial charge on any atom is 0.0782 e. The Morgan fingerprint density at radius 2 is 2.11 bits per heavy atom. The van der Waals surface area contributed by atoms with Gasteiger partial charge in [0, 0.05) is 28.8 Å². The van der Waals surface area contributed by atoms with E-state index >= 15 is 0 Å². The fraction of sp³-hybridized carbons (Fsp3) is 0.500. The van der Waals surface area contributed by atoms with E-state index in [1.165, 1.54) is 0 Å². The van der Waals surface area contributed by atoms with Gasteiger partial charge in [0.2, 0.25) is 0 Å². The monoisotopic (exact) mass is 310 g/mol. The van der Waals surface area contributed by atoms with Gasteiger partial charge in [-0.3, -0.25) is 0 Å². The van der Waals surface area contributed by atoms with Gasteiger partial charge in [-0.05, 0) is 32.9 Å². The molecule has 1 aromatic carbocycles. The average Bonchev–Trinajstić information content (AvgIpc) is 2.35. The molecule has 1 rings (SSSR count). The Balaban J connectivity index is 3.11. The highest BCUT2D eigenvalue weighted by Crippen LogP contribution is 2.30. The van der Waals surface area contributed by atoms with Crippen molar-refractivity contribution in [2.45, 2.75) is 26.9 Å². The quantitative estimate of drug-likeness (QED) is 0.905. The van der Waals surface area contributed by atoms with Gasteiger partial charge in [0.1, 0.15) is 0 Å². The number of aliphatic hydroxyl groups excluding tert-OH is 1. The molecule has 18 heavy (non-hydrogen) atoms. The summed E-state index contributed by atoms with van der Waals surface area (Å²) < 4.78 is 0.977. The van der Waals surface area contributed by atoms with Crippen molar-refractivity contribution in [3.63, 3.8) is 0 Å². The Morgan fingerprint density at radius 1 is 1.44 bits per heavy atom. The van der Waals surface area contributed by atoms with Crippen molar-refractivity contribution >= 4 is 21.6 Å². The van der Waals surface area contributed by atoms with Gasteiger partial charge in [-0.25, -0.2) is 0 Å². The molecule has 0 radical (unpaired) electrons. The third-order valence-corrected chi connectivity index (χ3v) is 3.37. The molecule has 3 nitrogen and oxygen atoms in total. The molecule has 0 aromatic heterocycles. The third-order valence-electron chi connectivity index (χ3n) is 2.88. The van der Waals surface area contributed by atoms with Crippen LogP contribution in [0.5, 0.6) is 0 Å². The summed E-state index contributed by atoms with van der Waals surface area (Å²) in [5.41, 5.74) is 1.88. The van der Waals surface area contributed by atoms with Gasteiger partial charge in [-0.1, -0.05) is 22.0 Å². The number of nitriles is 1. The Bertz CT molecular complexity index is 440. The molecule has 0 aliphatic carbocycles. The van der Waals surface area contributed by atoms with Crippen LogP contribution in [0.4, 0.5) is 5.69 Å². The predicted octanol–water partition coefficient (Wildman–Crippen LogP) is 3.49. The Hall–Kier alpha value is -1.05. The number of rotatable bonds is 5. The molecule has 0 bridgehead atoms. The normalized spacial score (nSPS) is 13.8. The summed E-state index contributed by atoms with van der Waals surface area (Å²) >= 11 is 3.45. The zero-order valence-corrected chi connectivity index (χ0v) is 12.6. The van der Waals surface area contributed by atoms with Crippen molar-refractivity contribution in [1.82, 2.24) is 0 Å². The predicted molar refractivity (Wildman–Crippen MR) is 77.4 cm³/mol. The minimum Gasteiger partial charge on any atom is -0.389 e. The number of halogens is 1. The number of aliphatic hydroxyl groups is 1. The van der Waals surface area contributed by atoms with Gasteiger partial charge in [-0.2, -0.15) is 5.26 Å². The average molecular weight is 311 g/mol. The van der Waals surface area contributed by atoms with Crippen LogP contribution in [-0.4, -0.2) is 18.2 Å². The molecule has 0 saturated heterocycles. The molecule has 2 unspecified atom stereocenters. The lowest BCUT2D eigenvalue weighted by Crippen LogP contribution is -2.29. The molecule has 1 aromatic rings. The lowest BCUT2D eigenvalue weighted by molar-refractivity contribution is 0.199. The second kappa shape index (κ2) is 6.77. The highest BCUT2D eigenvalue weighted by atomic mass is 79.9. The van der Waals surface area contributed by atoms with Gasteiger partial charge in [0.05, 0.1) is 18.1 Å². The van der Waals surface area contributed by atoms with Gasteiger partial charge in [0.15, 0.2) is 0 Å². The van der Waals surface area contributed by atoms with Crippen molar-refractivity contribution in [3.05, 3.63) is 28.2 Å². The van der Waals surface area contributed by atoms with Crippen molar-refractivity contribution in [3.8, 4) is 6.07 Å². The molecule has 0 heterocycles. The van der Waals surface area contributed by atoms with E-state index in [0.29, 0.717) is 6.54 Å². The molecule has 2 atom stereocenters. The second-order valence-electron chi connectivity index (χ2n) is 4.45. The Morgan fingerprint density at radius 3 is 2.61 bits per heavy atom. The van der Waals surface area contributed by atoms with E-state index < -0.39 is 6.10 Å². The number of nitrogens with zero attached hydrogens (tertiary/aromatic N) is 2. The molecular weight excluding hydrogens is 292 g/mol. The van der Waals surface area contributed by atoms with Crippen LogP contribution in [0.3, 0.4) is 0 Å². The van der Waals surface area contributed by atoms with Crippen LogP contribution in [0.1, 0.15) is 32.4 Å². The SMILES string of the molecule is CCN(CC(C)C#N)c1cc(Br)ccc1C(C)O. The zero-order valence-electron chi connectivity index (χ0n) is 11.0. The molecule has 0 aliphatic heterocycles. The first kappa shape index (κ1) is 15.0. The highest BCUT2D eigenvalue weighted by Gasteiger charge is 2.15. The number of anilines is 1. The van der Waals surface area contributed by atoms with Crippen LogP contribution < -0.4 is 4.90 Å². The first-order valence-electron chi connectivity index (χ1n) is 6.11. The zero-order chi connectivity index (χ0) is 13.7. The molecule has 98 valence electrons. The topological polar surface area (TPSA) is 47.3 Å². The maximum absolute atomic E-state index is 9.82. The molecule has 0 amide bonds. The van der Waals surface area contributed by atoms with E-state index in [0.717, 1.165) is 22.3 Å². The van der Waals surface area contributed by atoms with Crippen LogP contribution in [0.25, 0.3) is 0 Å². The van der Waals surface area contributed by atoms with Crippen LogP contribution in [0.2, 0.25) is 0 Å². The molecule has 4 heteroatoms. The van der Waals surface area contributed by atoms with E-state index in [-0.39, 0.29) is 5.92 Å². The summed E-state index contributed by atoms with van der Waals surface area (Å²) in [6, 6.07) is 8.09. The second-order valence-corrected chi connectivity index (χ2v) is 5.36. The third kappa shape index (κ3) is 3.72. The van der Waals surface area contributed by atoms with Gasteiger partial charge < -0.3 is 10.0 Å². The Kier molecular flexibility index (Phi) is 5.64. The van der Waals surface area contributed by atoms with E-state index in [4.69, 9.17) is 5.26 Å². The van der Waals surface area contributed by atoms with Gasteiger partial charge >= 0.3 is 0 Å². The fourth-order valence-corrected chi connectivity index (χ4v) is 2.26.